The minimum absolute atomic E-state index is 0.0905. The molecule has 4 atom stereocenters. The second kappa shape index (κ2) is 8.36. The van der Waals surface area contributed by atoms with Crippen LogP contribution in [0.5, 0.6) is 0 Å². The SMILES string of the molecule is C[C@@H](O)CCC(=O)N1CCC[C@H]([C@@]23CC[C@@H](c4cc(-c5c(F)cccc5F)nnc42)C3(C)C)C1. The van der Waals surface area contributed by atoms with Gasteiger partial charge in [-0.3, -0.25) is 4.79 Å². The molecule has 0 radical (unpaired) electrons. The van der Waals surface area contributed by atoms with Gasteiger partial charge >= 0.3 is 0 Å². The second-order valence-electron chi connectivity index (χ2n) is 11.0. The molecule has 0 unspecified atom stereocenters. The molecule has 5 nitrogen and oxygen atoms in total. The van der Waals surface area contributed by atoms with E-state index in [2.05, 4.69) is 24.0 Å². The number of aliphatic hydroxyl groups is 1. The van der Waals surface area contributed by atoms with Crippen molar-refractivity contribution in [3.05, 3.63) is 47.2 Å². The number of fused-ring (bicyclic) bond motifs is 5. The molecule has 2 bridgehead atoms. The average molecular weight is 470 g/mol. The predicted octanol–water partition coefficient (Wildman–Crippen LogP) is 4.98. The number of aliphatic hydroxyl groups excluding tert-OH is 1. The summed E-state index contributed by atoms with van der Waals surface area (Å²) in [6.07, 6.45) is 4.29. The zero-order chi connectivity index (χ0) is 24.3. The number of hydrogen-bond acceptors (Lipinski definition) is 4. The van der Waals surface area contributed by atoms with Gasteiger partial charge in [-0.2, -0.15) is 10.2 Å². The molecule has 1 saturated carbocycles. The number of piperidine rings is 1. The molecule has 2 heterocycles. The van der Waals surface area contributed by atoms with E-state index >= 15 is 0 Å². The molecule has 2 aliphatic carbocycles. The smallest absolute Gasteiger partial charge is 0.222 e. The molecular formula is C27H33F2N3O2. The Morgan fingerprint density at radius 3 is 2.68 bits per heavy atom. The largest absolute Gasteiger partial charge is 0.393 e. The van der Waals surface area contributed by atoms with Gasteiger partial charge in [-0.05, 0) is 80.0 Å². The van der Waals surface area contributed by atoms with Crippen molar-refractivity contribution < 1.29 is 18.7 Å². The summed E-state index contributed by atoms with van der Waals surface area (Å²) in [6.45, 7) is 7.70. The van der Waals surface area contributed by atoms with Crippen molar-refractivity contribution in [1.82, 2.24) is 15.1 Å². The first kappa shape index (κ1) is 23.3. The van der Waals surface area contributed by atoms with Crippen molar-refractivity contribution in [2.45, 2.75) is 76.7 Å². The highest BCUT2D eigenvalue weighted by atomic mass is 19.1. The highest BCUT2D eigenvalue weighted by Crippen LogP contribution is 2.70. The molecule has 2 fully saturated rings. The van der Waals surface area contributed by atoms with Crippen LogP contribution in [0.25, 0.3) is 11.3 Å². The molecule has 34 heavy (non-hydrogen) atoms. The second-order valence-corrected chi connectivity index (χ2v) is 11.0. The Kier molecular flexibility index (Phi) is 5.74. The summed E-state index contributed by atoms with van der Waals surface area (Å²) in [5.74, 6) is -0.671. The topological polar surface area (TPSA) is 66.3 Å². The molecule has 7 heteroatoms. The number of halogens is 2. The highest BCUT2D eigenvalue weighted by Gasteiger charge is 2.66. The Balaban J connectivity index is 1.50. The number of carbonyl (C=O) groups excluding carboxylic acids is 1. The number of benzene rings is 1. The molecule has 1 saturated heterocycles. The van der Waals surface area contributed by atoms with Gasteiger partial charge in [0.1, 0.15) is 11.6 Å². The molecule has 0 spiro atoms. The summed E-state index contributed by atoms with van der Waals surface area (Å²) in [5.41, 5.74) is 1.83. The summed E-state index contributed by atoms with van der Waals surface area (Å²) in [6, 6.07) is 5.70. The Bertz CT molecular complexity index is 1100. The minimum Gasteiger partial charge on any atom is -0.393 e. The fourth-order valence-corrected chi connectivity index (χ4v) is 7.24. The molecule has 1 aliphatic heterocycles. The van der Waals surface area contributed by atoms with Crippen molar-refractivity contribution in [1.29, 1.82) is 0 Å². The number of carbonyl (C=O) groups is 1. The first-order valence-electron chi connectivity index (χ1n) is 12.4. The number of rotatable bonds is 5. The number of amides is 1. The van der Waals surface area contributed by atoms with Crippen LogP contribution in [0, 0.1) is 23.0 Å². The van der Waals surface area contributed by atoms with Gasteiger partial charge in [-0.15, -0.1) is 0 Å². The number of aromatic nitrogens is 2. The van der Waals surface area contributed by atoms with Crippen LogP contribution >= 0.6 is 0 Å². The van der Waals surface area contributed by atoms with Crippen molar-refractivity contribution in [3.8, 4) is 11.3 Å². The molecule has 182 valence electrons. The van der Waals surface area contributed by atoms with E-state index in [1.807, 2.05) is 11.0 Å². The highest BCUT2D eigenvalue weighted by molar-refractivity contribution is 5.76. The Morgan fingerprint density at radius 1 is 1.24 bits per heavy atom. The van der Waals surface area contributed by atoms with Crippen molar-refractivity contribution >= 4 is 5.91 Å². The molecule has 1 amide bonds. The predicted molar refractivity (Wildman–Crippen MR) is 125 cm³/mol. The molecule has 1 aromatic heterocycles. The minimum atomic E-state index is -0.634. The van der Waals surface area contributed by atoms with Gasteiger partial charge in [0.25, 0.3) is 0 Å². The average Bonchev–Trinajstić information content (AvgIpc) is 3.18. The number of likely N-dealkylation sites (tertiary alicyclic amines) is 1. The van der Waals surface area contributed by atoms with E-state index < -0.39 is 17.7 Å². The van der Waals surface area contributed by atoms with Gasteiger partial charge in [-0.25, -0.2) is 8.78 Å². The van der Waals surface area contributed by atoms with Crippen molar-refractivity contribution in [2.75, 3.05) is 13.1 Å². The van der Waals surface area contributed by atoms with Crippen LogP contribution in [0.1, 0.15) is 76.5 Å². The molecular weight excluding hydrogens is 436 g/mol. The molecule has 1 aromatic carbocycles. The third-order valence-corrected chi connectivity index (χ3v) is 8.94. The van der Waals surface area contributed by atoms with E-state index in [1.165, 1.54) is 18.2 Å². The van der Waals surface area contributed by atoms with E-state index in [1.54, 1.807) is 6.92 Å². The monoisotopic (exact) mass is 469 g/mol. The summed E-state index contributed by atoms with van der Waals surface area (Å²) < 4.78 is 28.9. The molecule has 1 N–H and O–H groups in total. The summed E-state index contributed by atoms with van der Waals surface area (Å²) in [7, 11) is 0. The zero-order valence-electron chi connectivity index (χ0n) is 20.2. The fourth-order valence-electron chi connectivity index (χ4n) is 7.24. The Labute approximate surface area is 199 Å². The van der Waals surface area contributed by atoms with Gasteiger partial charge in [0.2, 0.25) is 5.91 Å². The maximum atomic E-state index is 14.5. The Morgan fingerprint density at radius 2 is 1.97 bits per heavy atom. The van der Waals surface area contributed by atoms with E-state index in [9.17, 15) is 18.7 Å². The molecule has 5 rings (SSSR count). The van der Waals surface area contributed by atoms with Gasteiger partial charge in [0.05, 0.1) is 23.1 Å². The van der Waals surface area contributed by atoms with E-state index in [0.29, 0.717) is 19.4 Å². The van der Waals surface area contributed by atoms with Crippen LogP contribution in [0.2, 0.25) is 0 Å². The van der Waals surface area contributed by atoms with Crippen molar-refractivity contribution in [3.63, 3.8) is 0 Å². The lowest BCUT2D eigenvalue weighted by atomic mass is 9.59. The summed E-state index contributed by atoms with van der Waals surface area (Å²) in [4.78, 5) is 14.8. The standard InChI is InChI=1S/C27H33F2N3O2/c1-16(33)9-10-23(34)32-13-5-6-17(15-32)27-12-11-19(26(27,2)3)18-14-22(30-31-25(18)27)24-20(28)7-4-8-21(24)29/h4,7-8,14,16-17,19,33H,5-6,9-13,15H2,1-3H3/t16-,17+,19+,27+/m1/s1. The maximum absolute atomic E-state index is 14.5. The van der Waals surface area contributed by atoms with Gasteiger partial charge < -0.3 is 10.0 Å². The summed E-state index contributed by atoms with van der Waals surface area (Å²) in [5, 5.41) is 18.6. The van der Waals surface area contributed by atoms with Gasteiger partial charge in [0.15, 0.2) is 0 Å². The Hall–Kier alpha value is -2.41. The maximum Gasteiger partial charge on any atom is 0.222 e. The quantitative estimate of drug-likeness (QED) is 0.671. The van der Waals surface area contributed by atoms with Gasteiger partial charge in [-0.1, -0.05) is 19.9 Å². The van der Waals surface area contributed by atoms with E-state index in [4.69, 9.17) is 0 Å². The first-order valence-corrected chi connectivity index (χ1v) is 12.4. The van der Waals surface area contributed by atoms with Crippen molar-refractivity contribution in [2.24, 2.45) is 11.3 Å². The van der Waals surface area contributed by atoms with E-state index in [-0.39, 0.29) is 39.8 Å². The lowest BCUT2D eigenvalue weighted by Crippen LogP contribution is -2.51. The van der Waals surface area contributed by atoms with Crippen LogP contribution in [0.4, 0.5) is 8.78 Å². The van der Waals surface area contributed by atoms with Crippen LogP contribution in [0.15, 0.2) is 24.3 Å². The third-order valence-electron chi connectivity index (χ3n) is 8.94. The lowest BCUT2D eigenvalue weighted by molar-refractivity contribution is -0.134. The molecule has 2 aromatic rings. The van der Waals surface area contributed by atoms with Gasteiger partial charge in [0, 0.05) is 24.9 Å². The normalized spacial score (nSPS) is 28.1. The van der Waals surface area contributed by atoms with Crippen LogP contribution in [-0.4, -0.2) is 45.3 Å². The number of hydrogen-bond donors (Lipinski definition) is 1. The van der Waals surface area contributed by atoms with Crippen LogP contribution in [0.3, 0.4) is 0 Å². The summed E-state index contributed by atoms with van der Waals surface area (Å²) >= 11 is 0. The van der Waals surface area contributed by atoms with E-state index in [0.717, 1.165) is 43.5 Å². The third kappa shape index (κ3) is 3.38. The molecule has 3 aliphatic rings. The van der Waals surface area contributed by atoms with Crippen LogP contribution in [-0.2, 0) is 10.2 Å². The first-order chi connectivity index (χ1) is 16.2. The zero-order valence-corrected chi connectivity index (χ0v) is 20.2. The fraction of sp³-hybridized carbons (Fsp3) is 0.593. The lowest BCUT2D eigenvalue weighted by Gasteiger charge is -2.48. The number of nitrogens with zero attached hydrogens (tertiary/aromatic N) is 3. The van der Waals surface area contributed by atoms with Crippen LogP contribution < -0.4 is 0 Å².